The molecule has 0 saturated heterocycles. The SMILES string of the molecule is CN(C(=O)c1ccncc1)c1ccc(C#N)cc1. The lowest BCUT2D eigenvalue weighted by atomic mass is 10.2. The number of hydrogen-bond donors (Lipinski definition) is 0. The molecule has 0 saturated carbocycles. The zero-order valence-corrected chi connectivity index (χ0v) is 9.87. The lowest BCUT2D eigenvalue weighted by molar-refractivity contribution is 0.0993. The normalized spacial score (nSPS) is 9.56. The topological polar surface area (TPSA) is 57.0 Å². The van der Waals surface area contributed by atoms with Gasteiger partial charge in [-0.05, 0) is 36.4 Å². The van der Waals surface area contributed by atoms with E-state index in [4.69, 9.17) is 5.26 Å². The Bertz CT molecular complexity index is 585. The molecule has 0 N–H and O–H groups in total. The summed E-state index contributed by atoms with van der Waals surface area (Å²) in [7, 11) is 1.70. The van der Waals surface area contributed by atoms with Gasteiger partial charge in [0.15, 0.2) is 0 Å². The number of nitriles is 1. The van der Waals surface area contributed by atoms with Crippen molar-refractivity contribution in [2.45, 2.75) is 0 Å². The molecule has 4 nitrogen and oxygen atoms in total. The number of rotatable bonds is 2. The second-order valence-corrected chi connectivity index (χ2v) is 3.76. The summed E-state index contributed by atoms with van der Waals surface area (Å²) in [5.41, 5.74) is 1.90. The van der Waals surface area contributed by atoms with E-state index in [1.54, 1.807) is 55.8 Å². The Labute approximate surface area is 105 Å². The van der Waals surface area contributed by atoms with Crippen LogP contribution in [0, 0.1) is 11.3 Å². The smallest absolute Gasteiger partial charge is 0.258 e. The Kier molecular flexibility index (Phi) is 3.35. The fraction of sp³-hybridized carbons (Fsp3) is 0.0714. The number of nitrogens with zero attached hydrogens (tertiary/aromatic N) is 3. The molecule has 0 atom stereocenters. The molecule has 0 aliphatic carbocycles. The highest BCUT2D eigenvalue weighted by Gasteiger charge is 2.12. The molecule has 0 fully saturated rings. The van der Waals surface area contributed by atoms with E-state index in [1.807, 2.05) is 6.07 Å². The molecule has 4 heteroatoms. The first-order valence-electron chi connectivity index (χ1n) is 5.40. The average molecular weight is 237 g/mol. The van der Waals surface area contributed by atoms with Crippen LogP contribution in [-0.2, 0) is 0 Å². The number of aromatic nitrogens is 1. The first-order chi connectivity index (χ1) is 8.72. The van der Waals surface area contributed by atoms with E-state index < -0.39 is 0 Å². The van der Waals surface area contributed by atoms with Gasteiger partial charge in [-0.25, -0.2) is 0 Å². The zero-order chi connectivity index (χ0) is 13.0. The number of anilines is 1. The van der Waals surface area contributed by atoms with Crippen molar-refractivity contribution in [3.05, 3.63) is 59.9 Å². The van der Waals surface area contributed by atoms with Gasteiger partial charge in [0.25, 0.3) is 5.91 Å². The predicted octanol–water partition coefficient (Wildman–Crippen LogP) is 2.23. The van der Waals surface area contributed by atoms with Gasteiger partial charge in [-0.2, -0.15) is 5.26 Å². The standard InChI is InChI=1S/C14H11N3O/c1-17(13-4-2-11(10-15)3-5-13)14(18)12-6-8-16-9-7-12/h2-9H,1H3. The molecule has 1 aromatic carbocycles. The second kappa shape index (κ2) is 5.11. The maximum Gasteiger partial charge on any atom is 0.258 e. The third-order valence-electron chi connectivity index (χ3n) is 2.62. The van der Waals surface area contributed by atoms with Crippen molar-refractivity contribution in [1.29, 1.82) is 5.26 Å². The average Bonchev–Trinajstić information content (AvgIpc) is 2.47. The molecule has 0 aliphatic rings. The zero-order valence-electron chi connectivity index (χ0n) is 9.87. The molecule has 2 aromatic rings. The molecule has 0 bridgehead atoms. The van der Waals surface area contributed by atoms with Crippen molar-refractivity contribution in [3.63, 3.8) is 0 Å². The van der Waals surface area contributed by atoms with Crippen molar-refractivity contribution in [2.75, 3.05) is 11.9 Å². The molecule has 1 aromatic heterocycles. The van der Waals surface area contributed by atoms with Crippen molar-refractivity contribution in [1.82, 2.24) is 4.98 Å². The minimum atomic E-state index is -0.109. The predicted molar refractivity (Wildman–Crippen MR) is 68.1 cm³/mol. The van der Waals surface area contributed by atoms with Crippen LogP contribution in [0.1, 0.15) is 15.9 Å². The molecule has 1 heterocycles. The third kappa shape index (κ3) is 2.36. The Hall–Kier alpha value is -2.67. The van der Waals surface area contributed by atoms with Crippen LogP contribution >= 0.6 is 0 Å². The van der Waals surface area contributed by atoms with Gasteiger partial charge < -0.3 is 4.90 Å². The molecule has 2 rings (SSSR count). The summed E-state index contributed by atoms with van der Waals surface area (Å²) in [6, 6.07) is 12.2. The van der Waals surface area contributed by atoms with Gasteiger partial charge in [0, 0.05) is 30.7 Å². The minimum absolute atomic E-state index is 0.109. The van der Waals surface area contributed by atoms with Gasteiger partial charge in [-0.3, -0.25) is 9.78 Å². The van der Waals surface area contributed by atoms with E-state index in [0.29, 0.717) is 11.1 Å². The Morgan fingerprint density at radius 3 is 2.33 bits per heavy atom. The van der Waals surface area contributed by atoms with Crippen molar-refractivity contribution < 1.29 is 4.79 Å². The second-order valence-electron chi connectivity index (χ2n) is 3.76. The molecule has 0 aliphatic heterocycles. The number of carbonyl (C=O) groups is 1. The van der Waals surface area contributed by atoms with Crippen LogP contribution in [0.5, 0.6) is 0 Å². The van der Waals surface area contributed by atoms with E-state index in [9.17, 15) is 4.79 Å². The largest absolute Gasteiger partial charge is 0.311 e. The van der Waals surface area contributed by atoms with E-state index in [1.165, 1.54) is 4.90 Å². The lowest BCUT2D eigenvalue weighted by Gasteiger charge is -2.17. The highest BCUT2D eigenvalue weighted by Crippen LogP contribution is 2.15. The lowest BCUT2D eigenvalue weighted by Crippen LogP contribution is -2.26. The van der Waals surface area contributed by atoms with Crippen LogP contribution in [-0.4, -0.2) is 17.9 Å². The summed E-state index contributed by atoms with van der Waals surface area (Å²) in [6.45, 7) is 0. The van der Waals surface area contributed by atoms with E-state index in [0.717, 1.165) is 5.69 Å². The Balaban J connectivity index is 2.23. The third-order valence-corrected chi connectivity index (χ3v) is 2.62. The number of hydrogen-bond acceptors (Lipinski definition) is 3. The first-order valence-corrected chi connectivity index (χ1v) is 5.40. The first kappa shape index (κ1) is 11.8. The number of benzene rings is 1. The number of carbonyl (C=O) groups excluding carboxylic acids is 1. The fourth-order valence-corrected chi connectivity index (χ4v) is 1.56. The van der Waals surface area contributed by atoms with Gasteiger partial charge in [0.1, 0.15) is 0 Å². The molecule has 88 valence electrons. The van der Waals surface area contributed by atoms with Gasteiger partial charge in [-0.1, -0.05) is 0 Å². The highest BCUT2D eigenvalue weighted by molar-refractivity contribution is 6.05. The molecular weight excluding hydrogens is 226 g/mol. The van der Waals surface area contributed by atoms with Crippen LogP contribution in [0.3, 0.4) is 0 Å². The molecule has 1 amide bonds. The summed E-state index contributed by atoms with van der Waals surface area (Å²) in [5, 5.41) is 8.72. The number of amides is 1. The van der Waals surface area contributed by atoms with Crippen LogP contribution in [0.25, 0.3) is 0 Å². The van der Waals surface area contributed by atoms with E-state index >= 15 is 0 Å². The quantitative estimate of drug-likeness (QED) is 0.804. The summed E-state index contributed by atoms with van der Waals surface area (Å²) in [6.07, 6.45) is 3.17. The highest BCUT2D eigenvalue weighted by atomic mass is 16.2. The Morgan fingerprint density at radius 1 is 1.17 bits per heavy atom. The van der Waals surface area contributed by atoms with Crippen LogP contribution < -0.4 is 4.90 Å². The van der Waals surface area contributed by atoms with Gasteiger partial charge >= 0.3 is 0 Å². The summed E-state index contributed by atoms with van der Waals surface area (Å²) in [4.78, 5) is 17.5. The maximum absolute atomic E-state index is 12.1. The van der Waals surface area contributed by atoms with Crippen LogP contribution in [0.4, 0.5) is 5.69 Å². The van der Waals surface area contributed by atoms with E-state index in [-0.39, 0.29) is 5.91 Å². The summed E-state index contributed by atoms with van der Waals surface area (Å²) < 4.78 is 0. The molecule has 0 spiro atoms. The monoisotopic (exact) mass is 237 g/mol. The number of pyridine rings is 1. The molecule has 0 radical (unpaired) electrons. The van der Waals surface area contributed by atoms with Gasteiger partial charge in [0.05, 0.1) is 11.6 Å². The van der Waals surface area contributed by atoms with Crippen molar-refractivity contribution >= 4 is 11.6 Å². The van der Waals surface area contributed by atoms with Crippen molar-refractivity contribution in [3.8, 4) is 6.07 Å². The molecule has 18 heavy (non-hydrogen) atoms. The van der Waals surface area contributed by atoms with Crippen LogP contribution in [0.2, 0.25) is 0 Å². The molecule has 0 unspecified atom stereocenters. The summed E-state index contributed by atoms with van der Waals surface area (Å²) in [5.74, 6) is -0.109. The molecular formula is C14H11N3O. The van der Waals surface area contributed by atoms with E-state index in [2.05, 4.69) is 4.98 Å². The fourth-order valence-electron chi connectivity index (χ4n) is 1.56. The van der Waals surface area contributed by atoms with Gasteiger partial charge in [0.2, 0.25) is 0 Å². The van der Waals surface area contributed by atoms with Crippen LogP contribution in [0.15, 0.2) is 48.8 Å². The summed E-state index contributed by atoms with van der Waals surface area (Å²) >= 11 is 0. The van der Waals surface area contributed by atoms with Gasteiger partial charge in [-0.15, -0.1) is 0 Å². The van der Waals surface area contributed by atoms with Crippen molar-refractivity contribution in [2.24, 2.45) is 0 Å². The maximum atomic E-state index is 12.1. The minimum Gasteiger partial charge on any atom is -0.311 e. The Morgan fingerprint density at radius 2 is 1.78 bits per heavy atom.